The summed E-state index contributed by atoms with van der Waals surface area (Å²) in [5.74, 6) is 0.957. The van der Waals surface area contributed by atoms with E-state index < -0.39 is 0 Å². The number of hydrogen-bond donors (Lipinski definition) is 1. The highest BCUT2D eigenvalue weighted by Crippen LogP contribution is 2.25. The average Bonchev–Trinajstić information content (AvgIpc) is 3.30. The maximum absolute atomic E-state index is 6.05. The molecule has 1 N–H and O–H groups in total. The fourth-order valence-corrected chi connectivity index (χ4v) is 4.74. The largest absolute Gasteiger partial charge is 0.379 e. The molecular formula is C18H25ClIN5OS. The third kappa shape index (κ3) is 5.03. The normalized spacial score (nSPS) is 21.5. The van der Waals surface area contributed by atoms with Gasteiger partial charge in [-0.1, -0.05) is 11.6 Å². The van der Waals surface area contributed by atoms with Gasteiger partial charge in [-0.15, -0.1) is 35.3 Å². The summed E-state index contributed by atoms with van der Waals surface area (Å²) >= 11 is 7.75. The van der Waals surface area contributed by atoms with Gasteiger partial charge in [0.2, 0.25) is 0 Å². The lowest BCUT2D eigenvalue weighted by atomic mass is 10.2. The summed E-state index contributed by atoms with van der Waals surface area (Å²) in [6, 6.07) is 6.45. The van der Waals surface area contributed by atoms with Crippen molar-refractivity contribution in [3.05, 3.63) is 28.2 Å². The molecule has 1 aromatic carbocycles. The number of guanidine groups is 1. The van der Waals surface area contributed by atoms with Gasteiger partial charge in [0.15, 0.2) is 5.96 Å². The minimum atomic E-state index is 0. The molecule has 2 saturated heterocycles. The van der Waals surface area contributed by atoms with Crippen molar-refractivity contribution >= 4 is 63.1 Å². The second-order valence-electron chi connectivity index (χ2n) is 6.66. The van der Waals surface area contributed by atoms with Crippen molar-refractivity contribution < 1.29 is 4.74 Å². The Kier molecular flexibility index (Phi) is 7.55. The van der Waals surface area contributed by atoms with Gasteiger partial charge < -0.3 is 15.0 Å². The molecule has 2 fully saturated rings. The monoisotopic (exact) mass is 521 g/mol. The molecular weight excluding hydrogens is 497 g/mol. The first-order chi connectivity index (χ1) is 12.7. The number of rotatable bonds is 3. The second-order valence-corrected chi connectivity index (χ2v) is 8.21. The second kappa shape index (κ2) is 9.69. The number of hydrogen-bond acceptors (Lipinski definition) is 5. The number of benzene rings is 1. The predicted molar refractivity (Wildman–Crippen MR) is 123 cm³/mol. The molecule has 1 unspecified atom stereocenters. The molecule has 4 rings (SSSR count). The van der Waals surface area contributed by atoms with Crippen molar-refractivity contribution in [1.29, 1.82) is 0 Å². The summed E-state index contributed by atoms with van der Waals surface area (Å²) in [4.78, 5) is 14.0. The fraction of sp³-hybridized carbons (Fsp3) is 0.556. The number of fused-ring (bicyclic) bond motifs is 1. The smallest absolute Gasteiger partial charge is 0.194 e. The van der Waals surface area contributed by atoms with Crippen molar-refractivity contribution in [3.63, 3.8) is 0 Å². The number of morpholine rings is 1. The summed E-state index contributed by atoms with van der Waals surface area (Å²) < 4.78 is 6.63. The van der Waals surface area contributed by atoms with Crippen LogP contribution < -0.4 is 5.32 Å². The van der Waals surface area contributed by atoms with Crippen LogP contribution in [-0.2, 0) is 11.3 Å². The van der Waals surface area contributed by atoms with Crippen molar-refractivity contribution in [3.8, 4) is 0 Å². The summed E-state index contributed by atoms with van der Waals surface area (Å²) in [6.07, 6.45) is 1.18. The lowest BCUT2D eigenvalue weighted by Gasteiger charge is -2.32. The Balaban J connectivity index is 0.00000210. The predicted octanol–water partition coefficient (Wildman–Crippen LogP) is 3.05. The van der Waals surface area contributed by atoms with Gasteiger partial charge in [-0.3, -0.25) is 9.89 Å². The zero-order chi connectivity index (χ0) is 17.9. The van der Waals surface area contributed by atoms with Crippen LogP contribution in [0.15, 0.2) is 23.2 Å². The van der Waals surface area contributed by atoms with E-state index in [1.54, 1.807) is 11.3 Å². The number of aliphatic imine (C=N–C) groups is 1. The van der Waals surface area contributed by atoms with Crippen molar-refractivity contribution in [2.24, 2.45) is 4.99 Å². The molecule has 2 aliphatic rings. The lowest BCUT2D eigenvalue weighted by Crippen LogP contribution is -2.46. The van der Waals surface area contributed by atoms with E-state index in [0.29, 0.717) is 12.6 Å². The fourth-order valence-electron chi connectivity index (χ4n) is 3.69. The first kappa shape index (κ1) is 21.0. The third-order valence-electron chi connectivity index (χ3n) is 5.03. The van der Waals surface area contributed by atoms with Crippen LogP contribution in [0.3, 0.4) is 0 Å². The Morgan fingerprint density at radius 1 is 1.37 bits per heavy atom. The van der Waals surface area contributed by atoms with E-state index in [0.717, 1.165) is 65.6 Å². The van der Waals surface area contributed by atoms with Gasteiger partial charge in [-0.05, 0) is 24.6 Å². The summed E-state index contributed by atoms with van der Waals surface area (Å²) in [7, 11) is 1.85. The quantitative estimate of drug-likeness (QED) is 0.382. The molecule has 148 valence electrons. The van der Waals surface area contributed by atoms with E-state index in [2.05, 4.69) is 25.1 Å². The SMILES string of the molecule is CN=C(NCc1nc2cc(Cl)ccc2s1)N1CCC(N2CCOCC2)C1.I. The molecule has 0 aliphatic carbocycles. The number of ether oxygens (including phenoxy) is 1. The van der Waals surface area contributed by atoms with E-state index in [9.17, 15) is 0 Å². The van der Waals surface area contributed by atoms with E-state index in [4.69, 9.17) is 16.3 Å². The van der Waals surface area contributed by atoms with Crippen LogP contribution in [0.2, 0.25) is 5.02 Å². The van der Waals surface area contributed by atoms with Crippen LogP contribution in [0, 0.1) is 0 Å². The molecule has 2 aliphatic heterocycles. The number of thiazole rings is 1. The molecule has 6 nitrogen and oxygen atoms in total. The Morgan fingerprint density at radius 3 is 2.96 bits per heavy atom. The lowest BCUT2D eigenvalue weighted by molar-refractivity contribution is 0.0195. The van der Waals surface area contributed by atoms with E-state index >= 15 is 0 Å². The van der Waals surface area contributed by atoms with Crippen LogP contribution in [0.5, 0.6) is 0 Å². The summed E-state index contributed by atoms with van der Waals surface area (Å²) in [6.45, 7) is 6.53. The molecule has 3 heterocycles. The Labute approximate surface area is 186 Å². The van der Waals surface area contributed by atoms with Crippen LogP contribution in [0.25, 0.3) is 10.2 Å². The Hall–Kier alpha value is -0.680. The maximum atomic E-state index is 6.05. The van der Waals surface area contributed by atoms with E-state index in [-0.39, 0.29) is 24.0 Å². The number of nitrogens with one attached hydrogen (secondary N) is 1. The molecule has 0 saturated carbocycles. The molecule has 2 aromatic rings. The summed E-state index contributed by atoms with van der Waals surface area (Å²) in [5, 5.41) is 5.25. The van der Waals surface area contributed by atoms with Gasteiger partial charge in [0.05, 0.1) is 30.0 Å². The molecule has 0 amide bonds. The van der Waals surface area contributed by atoms with Crippen LogP contribution in [0.4, 0.5) is 0 Å². The summed E-state index contributed by atoms with van der Waals surface area (Å²) in [5.41, 5.74) is 0.961. The maximum Gasteiger partial charge on any atom is 0.194 e. The van der Waals surface area contributed by atoms with Crippen LogP contribution >= 0.6 is 46.9 Å². The zero-order valence-corrected chi connectivity index (χ0v) is 19.3. The van der Waals surface area contributed by atoms with Gasteiger partial charge in [-0.25, -0.2) is 4.98 Å². The highest BCUT2D eigenvalue weighted by Gasteiger charge is 2.30. The number of likely N-dealkylation sites (tertiary alicyclic amines) is 1. The molecule has 0 radical (unpaired) electrons. The molecule has 1 aromatic heterocycles. The molecule has 27 heavy (non-hydrogen) atoms. The minimum absolute atomic E-state index is 0. The van der Waals surface area contributed by atoms with Gasteiger partial charge in [0, 0.05) is 44.3 Å². The molecule has 1 atom stereocenters. The Bertz CT molecular complexity index is 795. The number of aromatic nitrogens is 1. The Morgan fingerprint density at radius 2 is 2.19 bits per heavy atom. The first-order valence-corrected chi connectivity index (χ1v) is 10.2. The number of nitrogens with zero attached hydrogens (tertiary/aromatic N) is 4. The molecule has 0 bridgehead atoms. The van der Waals surface area contributed by atoms with E-state index in [1.807, 2.05) is 25.2 Å². The third-order valence-corrected chi connectivity index (χ3v) is 6.30. The van der Waals surface area contributed by atoms with Crippen LogP contribution in [-0.4, -0.2) is 73.2 Å². The van der Waals surface area contributed by atoms with Gasteiger partial charge in [0.1, 0.15) is 5.01 Å². The van der Waals surface area contributed by atoms with Crippen molar-refractivity contribution in [2.45, 2.75) is 19.0 Å². The van der Waals surface area contributed by atoms with Gasteiger partial charge in [-0.2, -0.15) is 0 Å². The van der Waals surface area contributed by atoms with Gasteiger partial charge in [0.25, 0.3) is 0 Å². The average molecular weight is 522 g/mol. The van der Waals surface area contributed by atoms with Gasteiger partial charge >= 0.3 is 0 Å². The highest BCUT2D eigenvalue weighted by atomic mass is 127. The topological polar surface area (TPSA) is 53.0 Å². The number of halogens is 2. The standard InChI is InChI=1S/C18H24ClN5OS.HI/c1-20-18(24-5-4-14(12-24)23-6-8-25-9-7-23)21-11-17-22-15-10-13(19)2-3-16(15)26-17;/h2-3,10,14H,4-9,11-12H2,1H3,(H,20,21);1H. The van der Waals surface area contributed by atoms with Crippen molar-refractivity contribution in [2.75, 3.05) is 46.4 Å². The minimum Gasteiger partial charge on any atom is -0.379 e. The van der Waals surface area contributed by atoms with Crippen molar-refractivity contribution in [1.82, 2.24) is 20.1 Å². The van der Waals surface area contributed by atoms with Crippen LogP contribution in [0.1, 0.15) is 11.4 Å². The van der Waals surface area contributed by atoms with E-state index in [1.165, 1.54) is 6.42 Å². The molecule has 0 spiro atoms. The first-order valence-electron chi connectivity index (χ1n) is 9.05. The molecule has 9 heteroatoms. The zero-order valence-electron chi connectivity index (χ0n) is 15.4. The highest BCUT2D eigenvalue weighted by molar-refractivity contribution is 14.0.